The summed E-state index contributed by atoms with van der Waals surface area (Å²) in [4.78, 5) is 12.6. The SMILES string of the molecule is O=C1OC2(CC2)CN1c1[nH]ncc1F. The first-order valence-electron chi connectivity index (χ1n) is 4.40. The maximum absolute atomic E-state index is 13.1. The van der Waals surface area contributed by atoms with Gasteiger partial charge in [-0.3, -0.25) is 10.00 Å². The lowest BCUT2D eigenvalue weighted by Gasteiger charge is -2.08. The minimum absolute atomic E-state index is 0.0961. The summed E-state index contributed by atoms with van der Waals surface area (Å²) in [5.74, 6) is -0.432. The number of carbonyl (C=O) groups excluding carboxylic acids is 1. The molecule has 1 saturated carbocycles. The van der Waals surface area contributed by atoms with Crippen molar-refractivity contribution in [2.24, 2.45) is 0 Å². The predicted octanol–water partition coefficient (Wildman–Crippen LogP) is 1.04. The molecule has 1 saturated heterocycles. The van der Waals surface area contributed by atoms with Gasteiger partial charge in [0.1, 0.15) is 5.60 Å². The smallest absolute Gasteiger partial charge is 0.416 e. The largest absolute Gasteiger partial charge is 0.441 e. The van der Waals surface area contributed by atoms with E-state index >= 15 is 0 Å². The summed E-state index contributed by atoms with van der Waals surface area (Å²) >= 11 is 0. The molecule has 14 heavy (non-hydrogen) atoms. The number of amides is 1. The van der Waals surface area contributed by atoms with E-state index in [1.54, 1.807) is 0 Å². The summed E-state index contributed by atoms with van der Waals surface area (Å²) in [5, 5.41) is 5.96. The molecule has 1 aliphatic heterocycles. The molecule has 1 aromatic heterocycles. The van der Waals surface area contributed by atoms with Crippen molar-refractivity contribution < 1.29 is 13.9 Å². The Labute approximate surface area is 78.8 Å². The Bertz CT molecular complexity index is 399. The van der Waals surface area contributed by atoms with E-state index in [1.165, 1.54) is 4.90 Å². The maximum Gasteiger partial charge on any atom is 0.416 e. The molecule has 1 aromatic rings. The van der Waals surface area contributed by atoms with Crippen LogP contribution in [0.25, 0.3) is 0 Å². The molecule has 6 heteroatoms. The number of rotatable bonds is 1. The van der Waals surface area contributed by atoms with Gasteiger partial charge in [0.2, 0.25) is 0 Å². The Balaban J connectivity index is 1.93. The van der Waals surface area contributed by atoms with E-state index in [1.807, 2.05) is 0 Å². The molecule has 0 bridgehead atoms. The number of aromatic amines is 1. The van der Waals surface area contributed by atoms with Gasteiger partial charge in [0.25, 0.3) is 0 Å². The van der Waals surface area contributed by atoms with Crippen LogP contribution in [0, 0.1) is 5.82 Å². The van der Waals surface area contributed by atoms with Crippen molar-refractivity contribution in [1.82, 2.24) is 10.2 Å². The van der Waals surface area contributed by atoms with E-state index in [0.29, 0.717) is 6.54 Å². The number of nitrogens with zero attached hydrogens (tertiary/aromatic N) is 2. The summed E-state index contributed by atoms with van der Waals surface area (Å²) < 4.78 is 18.2. The number of carbonyl (C=O) groups is 1. The van der Waals surface area contributed by atoms with Gasteiger partial charge in [-0.15, -0.1) is 0 Å². The molecule has 2 aliphatic rings. The van der Waals surface area contributed by atoms with Crippen molar-refractivity contribution in [1.29, 1.82) is 0 Å². The van der Waals surface area contributed by atoms with Crippen LogP contribution >= 0.6 is 0 Å². The summed E-state index contributed by atoms with van der Waals surface area (Å²) in [7, 11) is 0. The van der Waals surface area contributed by atoms with E-state index in [4.69, 9.17) is 4.74 Å². The highest BCUT2D eigenvalue weighted by atomic mass is 19.1. The molecule has 1 N–H and O–H groups in total. The maximum atomic E-state index is 13.1. The number of halogens is 1. The summed E-state index contributed by atoms with van der Waals surface area (Å²) in [6.07, 6.45) is 2.28. The van der Waals surface area contributed by atoms with Crippen molar-refractivity contribution >= 4 is 11.9 Å². The van der Waals surface area contributed by atoms with Gasteiger partial charge >= 0.3 is 6.09 Å². The Morgan fingerprint density at radius 2 is 2.43 bits per heavy atom. The molecule has 2 fully saturated rings. The highest BCUT2D eigenvalue weighted by molar-refractivity contribution is 5.89. The van der Waals surface area contributed by atoms with Crippen molar-refractivity contribution in [2.45, 2.75) is 18.4 Å². The molecule has 0 aromatic carbocycles. The lowest BCUT2D eigenvalue weighted by atomic mass is 10.3. The van der Waals surface area contributed by atoms with Gasteiger partial charge in [-0.2, -0.15) is 5.10 Å². The standard InChI is InChI=1S/C8H8FN3O2/c9-5-3-10-11-6(5)12-4-8(1-2-8)14-7(12)13/h3H,1-2,4H2,(H,10,11). The Kier molecular flexibility index (Phi) is 1.25. The van der Waals surface area contributed by atoms with Crippen molar-refractivity contribution in [2.75, 3.05) is 11.4 Å². The van der Waals surface area contributed by atoms with Crippen LogP contribution in [-0.4, -0.2) is 28.4 Å². The average Bonchev–Trinajstić information content (AvgIpc) is 2.61. The van der Waals surface area contributed by atoms with Crippen molar-refractivity contribution in [3.05, 3.63) is 12.0 Å². The Morgan fingerprint density at radius 1 is 1.64 bits per heavy atom. The average molecular weight is 197 g/mol. The van der Waals surface area contributed by atoms with E-state index in [0.717, 1.165) is 19.0 Å². The summed E-state index contributed by atoms with van der Waals surface area (Å²) in [5.41, 5.74) is -0.339. The van der Waals surface area contributed by atoms with Crippen LogP contribution in [0.5, 0.6) is 0 Å². The molecule has 1 spiro atoms. The molecule has 0 unspecified atom stereocenters. The molecule has 3 rings (SSSR count). The highest BCUT2D eigenvalue weighted by Crippen LogP contribution is 2.45. The first kappa shape index (κ1) is 7.78. The lowest BCUT2D eigenvalue weighted by Crippen LogP contribution is -2.26. The number of ether oxygens (including phenoxy) is 1. The molecule has 2 heterocycles. The van der Waals surface area contributed by atoms with Crippen LogP contribution in [0.3, 0.4) is 0 Å². The normalized spacial score (nSPS) is 22.9. The topological polar surface area (TPSA) is 58.2 Å². The van der Waals surface area contributed by atoms with E-state index in [2.05, 4.69) is 10.2 Å². The zero-order valence-electron chi connectivity index (χ0n) is 7.29. The third-order valence-corrected chi connectivity index (χ3v) is 2.62. The van der Waals surface area contributed by atoms with E-state index in [-0.39, 0.29) is 11.4 Å². The van der Waals surface area contributed by atoms with Gasteiger partial charge in [0.05, 0.1) is 12.7 Å². The molecule has 74 valence electrons. The predicted molar refractivity (Wildman–Crippen MR) is 44.3 cm³/mol. The fourth-order valence-corrected chi connectivity index (χ4v) is 1.65. The second-order valence-electron chi connectivity index (χ2n) is 3.70. The molecule has 5 nitrogen and oxygen atoms in total. The Morgan fingerprint density at radius 3 is 2.93 bits per heavy atom. The van der Waals surface area contributed by atoms with Crippen molar-refractivity contribution in [3.63, 3.8) is 0 Å². The monoisotopic (exact) mass is 197 g/mol. The second-order valence-corrected chi connectivity index (χ2v) is 3.70. The number of H-pyrrole nitrogens is 1. The first-order valence-corrected chi connectivity index (χ1v) is 4.40. The minimum atomic E-state index is -0.528. The molecular weight excluding hydrogens is 189 g/mol. The van der Waals surface area contributed by atoms with Gasteiger partial charge in [0.15, 0.2) is 11.6 Å². The molecule has 0 atom stereocenters. The Hall–Kier alpha value is -1.59. The number of nitrogens with one attached hydrogen (secondary N) is 1. The fourth-order valence-electron chi connectivity index (χ4n) is 1.65. The fraction of sp³-hybridized carbons (Fsp3) is 0.500. The van der Waals surface area contributed by atoms with E-state index < -0.39 is 11.9 Å². The summed E-state index contributed by atoms with van der Waals surface area (Å²) in [6, 6.07) is 0. The minimum Gasteiger partial charge on any atom is -0.441 e. The van der Waals surface area contributed by atoms with E-state index in [9.17, 15) is 9.18 Å². The number of hydrogen-bond donors (Lipinski definition) is 1. The molecular formula is C8H8FN3O2. The third-order valence-electron chi connectivity index (χ3n) is 2.62. The van der Waals surface area contributed by atoms with Crippen LogP contribution in [0.4, 0.5) is 15.0 Å². The number of aromatic nitrogens is 2. The third kappa shape index (κ3) is 0.934. The van der Waals surface area contributed by atoms with Crippen LogP contribution in [0.15, 0.2) is 6.20 Å². The molecule has 1 aliphatic carbocycles. The zero-order chi connectivity index (χ0) is 9.76. The van der Waals surface area contributed by atoms with Gasteiger partial charge < -0.3 is 4.74 Å². The van der Waals surface area contributed by atoms with Gasteiger partial charge in [-0.25, -0.2) is 9.18 Å². The number of anilines is 1. The van der Waals surface area contributed by atoms with Crippen molar-refractivity contribution in [3.8, 4) is 0 Å². The molecule has 1 amide bonds. The van der Waals surface area contributed by atoms with Crippen LogP contribution in [0.1, 0.15) is 12.8 Å². The van der Waals surface area contributed by atoms with Gasteiger partial charge in [0, 0.05) is 0 Å². The van der Waals surface area contributed by atoms with Crippen LogP contribution < -0.4 is 4.90 Å². The quantitative estimate of drug-likeness (QED) is 0.731. The highest BCUT2D eigenvalue weighted by Gasteiger charge is 2.55. The van der Waals surface area contributed by atoms with Gasteiger partial charge in [-0.05, 0) is 12.8 Å². The van der Waals surface area contributed by atoms with Crippen LogP contribution in [-0.2, 0) is 4.74 Å². The summed E-state index contributed by atoms with van der Waals surface area (Å²) in [6.45, 7) is 0.422. The van der Waals surface area contributed by atoms with Crippen LogP contribution in [0.2, 0.25) is 0 Å². The first-order chi connectivity index (χ1) is 6.70. The lowest BCUT2D eigenvalue weighted by molar-refractivity contribution is 0.129. The van der Waals surface area contributed by atoms with Gasteiger partial charge in [-0.1, -0.05) is 0 Å². The second kappa shape index (κ2) is 2.26. The molecule has 0 radical (unpaired) electrons. The zero-order valence-corrected chi connectivity index (χ0v) is 7.29. The number of hydrogen-bond acceptors (Lipinski definition) is 3.